The molecule has 2 atom stereocenters. The summed E-state index contributed by atoms with van der Waals surface area (Å²) in [7, 11) is 0. The third-order valence-corrected chi connectivity index (χ3v) is 7.26. The Morgan fingerprint density at radius 3 is 2.43 bits per heavy atom. The summed E-state index contributed by atoms with van der Waals surface area (Å²) in [5.74, 6) is 0. The first kappa shape index (κ1) is 31.6. The fourth-order valence-electron chi connectivity index (χ4n) is 5.16. The molecule has 0 aliphatic carbocycles. The average molecular weight is 603 g/mol. The van der Waals surface area contributed by atoms with Gasteiger partial charge in [-0.2, -0.15) is 0 Å². The normalized spacial score (nSPS) is 17.5. The number of piperidine rings is 1. The van der Waals surface area contributed by atoms with Gasteiger partial charge in [0.2, 0.25) is 0 Å². The van der Waals surface area contributed by atoms with Crippen molar-refractivity contribution in [2.24, 2.45) is 0 Å². The maximum Gasteiger partial charge on any atom is 0.528 e. The average Bonchev–Trinajstić information content (AvgIpc) is 3.47. The molecule has 0 amide bonds. The zero-order valence-electron chi connectivity index (χ0n) is 25.8. The van der Waals surface area contributed by atoms with Crippen LogP contribution in [-0.2, 0) is 43.6 Å². The van der Waals surface area contributed by atoms with Gasteiger partial charge in [-0.1, -0.05) is 71.9 Å². The van der Waals surface area contributed by atoms with Crippen molar-refractivity contribution in [3.05, 3.63) is 95.8 Å². The minimum atomic E-state index is -0.730. The second kappa shape index (κ2) is 15.3. The Kier molecular flexibility index (Phi) is 11.0. The number of aromatic nitrogens is 3. The van der Waals surface area contributed by atoms with Crippen molar-refractivity contribution in [1.82, 2.24) is 20.1 Å². The van der Waals surface area contributed by atoms with Crippen molar-refractivity contribution < 1.29 is 28.6 Å². The Bertz CT molecular complexity index is 1470. The molecule has 1 saturated heterocycles. The van der Waals surface area contributed by atoms with Crippen molar-refractivity contribution in [1.29, 1.82) is 0 Å². The summed E-state index contributed by atoms with van der Waals surface area (Å²) in [6, 6.07) is 24.6. The summed E-state index contributed by atoms with van der Waals surface area (Å²) < 4.78 is 25.5. The summed E-state index contributed by atoms with van der Waals surface area (Å²) in [5.41, 5.74) is 2.43. The second-order valence-electron chi connectivity index (χ2n) is 11.9. The first-order valence-corrected chi connectivity index (χ1v) is 15.2. The van der Waals surface area contributed by atoms with Gasteiger partial charge in [0.15, 0.2) is 0 Å². The van der Waals surface area contributed by atoms with Gasteiger partial charge in [-0.3, -0.25) is 0 Å². The first-order chi connectivity index (χ1) is 21.3. The van der Waals surface area contributed by atoms with Crippen LogP contribution in [-0.4, -0.2) is 64.2 Å². The first-order valence-electron chi connectivity index (χ1n) is 15.2. The molecule has 10 nitrogen and oxygen atoms in total. The molecule has 10 heteroatoms. The van der Waals surface area contributed by atoms with Gasteiger partial charge in [-0.15, -0.1) is 10.2 Å². The van der Waals surface area contributed by atoms with E-state index in [0.717, 1.165) is 28.6 Å². The molecule has 1 aliphatic heterocycles. The van der Waals surface area contributed by atoms with E-state index in [1.807, 2.05) is 55.8 Å². The van der Waals surface area contributed by atoms with Crippen LogP contribution in [0.1, 0.15) is 56.5 Å². The van der Waals surface area contributed by atoms with E-state index in [2.05, 4.69) is 52.8 Å². The molecule has 5 rings (SSSR count). The monoisotopic (exact) mass is 602 g/mol. The number of hydrogen-bond donors (Lipinski definition) is 0. The highest BCUT2D eigenvalue weighted by atomic mass is 16.8. The molecule has 234 valence electrons. The number of hydroxylamine groups is 2. The minimum absolute atomic E-state index is 0.121. The van der Waals surface area contributed by atoms with Crippen molar-refractivity contribution in [3.8, 4) is 0 Å². The molecule has 0 radical (unpaired) electrons. The summed E-state index contributed by atoms with van der Waals surface area (Å²) in [5, 5.41) is 12.5. The molecule has 0 spiro atoms. The predicted molar refractivity (Wildman–Crippen MR) is 165 cm³/mol. The molecule has 3 aromatic carbocycles. The lowest BCUT2D eigenvalue weighted by atomic mass is 10.0. The molecular formula is C34H42N4O6. The minimum Gasteiger partial charge on any atom is -0.427 e. The zero-order chi connectivity index (χ0) is 30.8. The molecule has 0 N–H and O–H groups in total. The highest BCUT2D eigenvalue weighted by Gasteiger charge is 2.35. The molecule has 0 bridgehead atoms. The maximum absolute atomic E-state index is 12.4. The van der Waals surface area contributed by atoms with Crippen molar-refractivity contribution >= 4 is 16.9 Å². The van der Waals surface area contributed by atoms with E-state index in [1.165, 1.54) is 5.39 Å². The number of carbonyl (C=O) groups excluding carboxylic acids is 1. The van der Waals surface area contributed by atoms with Crippen LogP contribution in [0.4, 0.5) is 4.79 Å². The number of fused-ring (bicyclic) bond motifs is 1. The summed E-state index contributed by atoms with van der Waals surface area (Å²) in [6.07, 6.45) is 2.09. The largest absolute Gasteiger partial charge is 0.528 e. The number of rotatable bonds is 13. The van der Waals surface area contributed by atoms with Crippen molar-refractivity contribution in [2.45, 2.75) is 71.2 Å². The number of hydrogen-bond acceptors (Lipinski definition) is 9. The van der Waals surface area contributed by atoms with Gasteiger partial charge in [0.25, 0.3) is 0 Å². The van der Waals surface area contributed by atoms with Gasteiger partial charge in [0.1, 0.15) is 5.60 Å². The van der Waals surface area contributed by atoms with E-state index >= 15 is 0 Å². The molecule has 4 aromatic rings. The Balaban J connectivity index is 1.18. The SMILES string of the molecule is CC(C)(C)OC(=O)ON1CCC(n2nncc2COCCCOCc2ccccc2)C(OCc2ccc3ccccc3c2)C1. The van der Waals surface area contributed by atoms with Crippen LogP contribution in [0.3, 0.4) is 0 Å². The lowest BCUT2D eigenvalue weighted by molar-refractivity contribution is -0.185. The number of nitrogens with zero attached hydrogens (tertiary/aromatic N) is 4. The summed E-state index contributed by atoms with van der Waals surface area (Å²) in [6.45, 7) is 8.82. The Labute approximate surface area is 258 Å². The Morgan fingerprint density at radius 1 is 0.886 bits per heavy atom. The smallest absolute Gasteiger partial charge is 0.427 e. The molecule has 1 aromatic heterocycles. The van der Waals surface area contributed by atoms with E-state index in [-0.39, 0.29) is 12.1 Å². The number of carbonyl (C=O) groups is 1. The third kappa shape index (κ3) is 9.33. The van der Waals surface area contributed by atoms with Crippen LogP contribution >= 0.6 is 0 Å². The number of ether oxygens (including phenoxy) is 4. The summed E-state index contributed by atoms with van der Waals surface area (Å²) >= 11 is 0. The van der Waals surface area contributed by atoms with Crippen molar-refractivity contribution in [3.63, 3.8) is 0 Å². The van der Waals surface area contributed by atoms with Crippen LogP contribution in [0.2, 0.25) is 0 Å². The predicted octanol–water partition coefficient (Wildman–Crippen LogP) is 6.25. The zero-order valence-corrected chi connectivity index (χ0v) is 25.8. The topological polar surface area (TPSA) is 97.2 Å². The lowest BCUT2D eigenvalue weighted by Crippen LogP contribution is -2.47. The second-order valence-corrected chi connectivity index (χ2v) is 11.9. The Hall–Kier alpha value is -3.83. The van der Waals surface area contributed by atoms with E-state index < -0.39 is 11.8 Å². The van der Waals surface area contributed by atoms with Gasteiger partial charge in [-0.05, 0) is 61.6 Å². The lowest BCUT2D eigenvalue weighted by Gasteiger charge is -2.37. The molecule has 44 heavy (non-hydrogen) atoms. The highest BCUT2D eigenvalue weighted by Crippen LogP contribution is 2.28. The van der Waals surface area contributed by atoms with Crippen LogP contribution in [0.5, 0.6) is 0 Å². The molecule has 1 fully saturated rings. The standard InChI is InChI=1S/C34H42N4O6/c1-34(2,3)43-33(39)44-37-17-16-31(32(22-37)42-24-27-14-15-28-12-7-8-13-29(28)20-27)38-30(21-35-36-38)25-41-19-9-18-40-23-26-10-5-4-6-11-26/h4-8,10-15,20-21,31-32H,9,16-19,22-25H2,1-3H3. The molecule has 2 heterocycles. The van der Waals surface area contributed by atoms with Gasteiger partial charge in [0, 0.05) is 19.8 Å². The van der Waals surface area contributed by atoms with E-state index in [1.54, 1.807) is 11.3 Å². The third-order valence-electron chi connectivity index (χ3n) is 7.26. The van der Waals surface area contributed by atoms with Gasteiger partial charge in [-0.25, -0.2) is 9.48 Å². The van der Waals surface area contributed by atoms with Crippen LogP contribution in [0.15, 0.2) is 79.0 Å². The van der Waals surface area contributed by atoms with E-state index in [4.69, 9.17) is 23.8 Å². The molecule has 0 saturated carbocycles. The molecular weight excluding hydrogens is 560 g/mol. The fourth-order valence-corrected chi connectivity index (χ4v) is 5.16. The van der Waals surface area contributed by atoms with Crippen LogP contribution in [0, 0.1) is 0 Å². The summed E-state index contributed by atoms with van der Waals surface area (Å²) in [4.78, 5) is 18.0. The maximum atomic E-state index is 12.4. The highest BCUT2D eigenvalue weighted by molar-refractivity contribution is 5.82. The Morgan fingerprint density at radius 2 is 1.64 bits per heavy atom. The van der Waals surface area contributed by atoms with Gasteiger partial charge < -0.3 is 23.8 Å². The quantitative estimate of drug-likeness (QED) is 0.130. The number of benzene rings is 3. The van der Waals surface area contributed by atoms with Crippen LogP contribution < -0.4 is 0 Å². The van der Waals surface area contributed by atoms with E-state index in [9.17, 15) is 4.79 Å². The fraction of sp³-hybridized carbons (Fsp3) is 0.441. The molecule has 1 aliphatic rings. The van der Waals surface area contributed by atoms with E-state index in [0.29, 0.717) is 52.5 Å². The molecule has 2 unspecified atom stereocenters. The van der Waals surface area contributed by atoms with Crippen LogP contribution in [0.25, 0.3) is 10.8 Å². The van der Waals surface area contributed by atoms with Gasteiger partial charge >= 0.3 is 6.16 Å². The van der Waals surface area contributed by atoms with Gasteiger partial charge in [0.05, 0.1) is 50.4 Å². The van der Waals surface area contributed by atoms with Crippen molar-refractivity contribution in [2.75, 3.05) is 26.3 Å².